The van der Waals surface area contributed by atoms with Crippen LogP contribution in [0.15, 0.2) is 30.5 Å². The maximum absolute atomic E-state index is 11.1. The minimum Gasteiger partial charge on any atom is -0.460 e. The molecular weight excluding hydrogens is 228 g/mol. The van der Waals surface area contributed by atoms with Gasteiger partial charge in [0.05, 0.1) is 5.52 Å². The molecule has 1 saturated carbocycles. The van der Waals surface area contributed by atoms with Crippen molar-refractivity contribution < 1.29 is 9.53 Å². The largest absolute Gasteiger partial charge is 0.460 e. The van der Waals surface area contributed by atoms with Gasteiger partial charge in [-0.25, -0.2) is 4.98 Å². The number of carbonyl (C=O) groups excluding carboxylic acids is 1. The zero-order chi connectivity index (χ0) is 12.4. The highest BCUT2D eigenvalue weighted by Gasteiger charge is 2.20. The molecule has 1 aliphatic carbocycles. The highest BCUT2D eigenvalue weighted by molar-refractivity contribution is 5.79. The summed E-state index contributed by atoms with van der Waals surface area (Å²) in [5.41, 5.74) is 0.884. The number of rotatable bonds is 2. The van der Waals surface area contributed by atoms with Crippen molar-refractivity contribution in [3.63, 3.8) is 0 Å². The Morgan fingerprint density at radius 3 is 2.78 bits per heavy atom. The number of nitrogens with zero attached hydrogens (tertiary/aromatic N) is 2. The third-order valence-electron chi connectivity index (χ3n) is 3.23. The number of fused-ring (bicyclic) bond motifs is 1. The summed E-state index contributed by atoms with van der Waals surface area (Å²) in [5.74, 6) is 0.328. The van der Waals surface area contributed by atoms with Crippen molar-refractivity contribution in [2.75, 3.05) is 0 Å². The lowest BCUT2D eigenvalue weighted by atomic mass is 9.97. The first kappa shape index (κ1) is 11.1. The molecule has 0 atom stereocenters. The van der Waals surface area contributed by atoms with Crippen LogP contribution >= 0.6 is 0 Å². The van der Waals surface area contributed by atoms with E-state index in [0.29, 0.717) is 24.6 Å². The van der Waals surface area contributed by atoms with E-state index in [4.69, 9.17) is 4.74 Å². The number of hydrogen-bond acceptors (Lipinski definition) is 4. The summed E-state index contributed by atoms with van der Waals surface area (Å²) in [6.45, 7) is 0. The first-order valence-corrected chi connectivity index (χ1v) is 6.21. The molecule has 3 rings (SSSR count). The molecule has 92 valence electrons. The Kier molecular flexibility index (Phi) is 2.92. The number of Topliss-reactive ketones (excluding diaryl/α,β-unsaturated/α-hetero) is 1. The molecule has 2 aromatic rings. The quantitative estimate of drug-likeness (QED) is 0.812. The number of hydrogen-bond donors (Lipinski definition) is 0. The first-order chi connectivity index (χ1) is 8.81. The molecule has 0 radical (unpaired) electrons. The molecule has 1 aromatic heterocycles. The minimum atomic E-state index is 0.0730. The van der Waals surface area contributed by atoms with Crippen LogP contribution in [0.2, 0.25) is 0 Å². The zero-order valence-electron chi connectivity index (χ0n) is 10.0. The number of carbonyl (C=O) groups is 1. The van der Waals surface area contributed by atoms with Gasteiger partial charge in [-0.2, -0.15) is 4.98 Å². The summed E-state index contributed by atoms with van der Waals surface area (Å²) in [4.78, 5) is 19.7. The van der Waals surface area contributed by atoms with Crippen LogP contribution in [0.1, 0.15) is 25.7 Å². The second kappa shape index (κ2) is 4.72. The van der Waals surface area contributed by atoms with Crippen LogP contribution in [-0.2, 0) is 4.79 Å². The minimum absolute atomic E-state index is 0.0730. The van der Waals surface area contributed by atoms with E-state index in [1.807, 2.05) is 24.3 Å². The highest BCUT2D eigenvalue weighted by atomic mass is 16.5. The van der Waals surface area contributed by atoms with Crippen molar-refractivity contribution in [2.45, 2.75) is 31.8 Å². The summed E-state index contributed by atoms with van der Waals surface area (Å²) in [7, 11) is 0. The molecule has 0 aliphatic heterocycles. The second-order valence-electron chi connectivity index (χ2n) is 4.57. The first-order valence-electron chi connectivity index (χ1n) is 6.21. The van der Waals surface area contributed by atoms with E-state index in [-0.39, 0.29) is 6.10 Å². The number of para-hydroxylation sites is 1. The van der Waals surface area contributed by atoms with E-state index in [9.17, 15) is 4.79 Å². The molecule has 0 N–H and O–H groups in total. The molecule has 0 saturated heterocycles. The number of ketones is 1. The van der Waals surface area contributed by atoms with Gasteiger partial charge in [0, 0.05) is 24.4 Å². The molecule has 1 fully saturated rings. The Morgan fingerprint density at radius 1 is 1.17 bits per heavy atom. The molecule has 0 unspecified atom stereocenters. The molecule has 1 heterocycles. The monoisotopic (exact) mass is 242 g/mol. The molecular formula is C14H14N2O2. The van der Waals surface area contributed by atoms with Gasteiger partial charge in [0.1, 0.15) is 11.9 Å². The van der Waals surface area contributed by atoms with Crippen LogP contribution in [0.4, 0.5) is 0 Å². The number of benzene rings is 1. The Bertz CT molecular complexity index is 573. The van der Waals surface area contributed by atoms with Crippen molar-refractivity contribution >= 4 is 16.7 Å². The SMILES string of the molecule is O=C1CCC(Oc2ncc3ccccc3n2)CC1. The van der Waals surface area contributed by atoms with Gasteiger partial charge in [-0.3, -0.25) is 4.79 Å². The molecule has 1 aliphatic rings. The van der Waals surface area contributed by atoms with E-state index in [1.165, 1.54) is 0 Å². The number of ether oxygens (including phenoxy) is 1. The van der Waals surface area contributed by atoms with Crippen LogP contribution in [0.25, 0.3) is 10.9 Å². The molecule has 0 spiro atoms. The summed E-state index contributed by atoms with van der Waals surface area (Å²) >= 11 is 0. The second-order valence-corrected chi connectivity index (χ2v) is 4.57. The average molecular weight is 242 g/mol. The van der Waals surface area contributed by atoms with Crippen LogP contribution in [0.5, 0.6) is 6.01 Å². The van der Waals surface area contributed by atoms with Gasteiger partial charge in [-0.05, 0) is 18.9 Å². The fourth-order valence-corrected chi connectivity index (χ4v) is 2.19. The topological polar surface area (TPSA) is 52.1 Å². The molecule has 1 aromatic carbocycles. The summed E-state index contributed by atoms with van der Waals surface area (Å²) in [6, 6.07) is 8.22. The lowest BCUT2D eigenvalue weighted by Crippen LogP contribution is -2.24. The van der Waals surface area contributed by atoms with Gasteiger partial charge in [0.15, 0.2) is 0 Å². The van der Waals surface area contributed by atoms with Gasteiger partial charge in [0.25, 0.3) is 0 Å². The summed E-state index contributed by atoms with van der Waals surface area (Å²) in [5, 5.41) is 1.00. The van der Waals surface area contributed by atoms with Crippen LogP contribution in [-0.4, -0.2) is 21.9 Å². The van der Waals surface area contributed by atoms with Crippen molar-refractivity contribution in [3.05, 3.63) is 30.5 Å². The molecule has 0 bridgehead atoms. The maximum Gasteiger partial charge on any atom is 0.317 e. The van der Waals surface area contributed by atoms with E-state index >= 15 is 0 Å². The predicted molar refractivity (Wildman–Crippen MR) is 67.4 cm³/mol. The third-order valence-corrected chi connectivity index (χ3v) is 3.23. The van der Waals surface area contributed by atoms with Crippen LogP contribution < -0.4 is 4.74 Å². The van der Waals surface area contributed by atoms with Gasteiger partial charge in [0.2, 0.25) is 0 Å². The zero-order valence-corrected chi connectivity index (χ0v) is 10.0. The fraction of sp³-hybridized carbons (Fsp3) is 0.357. The Labute approximate surface area is 105 Å². The van der Waals surface area contributed by atoms with Crippen molar-refractivity contribution in [2.24, 2.45) is 0 Å². The fourth-order valence-electron chi connectivity index (χ4n) is 2.19. The van der Waals surface area contributed by atoms with E-state index in [2.05, 4.69) is 9.97 Å². The van der Waals surface area contributed by atoms with Crippen LogP contribution in [0, 0.1) is 0 Å². The Hall–Kier alpha value is -1.97. The standard InChI is InChI=1S/C14H14N2O2/c17-11-5-7-12(8-6-11)18-14-15-9-10-3-1-2-4-13(10)16-14/h1-4,9,12H,5-8H2. The van der Waals surface area contributed by atoms with Crippen molar-refractivity contribution in [1.29, 1.82) is 0 Å². The summed E-state index contributed by atoms with van der Waals surface area (Å²) < 4.78 is 5.74. The van der Waals surface area contributed by atoms with Gasteiger partial charge in [-0.15, -0.1) is 0 Å². The van der Waals surface area contributed by atoms with E-state index < -0.39 is 0 Å². The molecule has 18 heavy (non-hydrogen) atoms. The molecule has 4 heteroatoms. The van der Waals surface area contributed by atoms with Gasteiger partial charge < -0.3 is 4.74 Å². The van der Waals surface area contributed by atoms with E-state index in [1.54, 1.807) is 6.20 Å². The van der Waals surface area contributed by atoms with Crippen molar-refractivity contribution in [1.82, 2.24) is 9.97 Å². The Morgan fingerprint density at radius 2 is 1.94 bits per heavy atom. The molecule has 4 nitrogen and oxygen atoms in total. The smallest absolute Gasteiger partial charge is 0.317 e. The number of aromatic nitrogens is 2. The normalized spacial score (nSPS) is 17.0. The predicted octanol–water partition coefficient (Wildman–Crippen LogP) is 2.52. The lowest BCUT2D eigenvalue weighted by molar-refractivity contribution is -0.121. The average Bonchev–Trinajstić information content (AvgIpc) is 2.41. The van der Waals surface area contributed by atoms with Gasteiger partial charge >= 0.3 is 6.01 Å². The van der Waals surface area contributed by atoms with Crippen molar-refractivity contribution in [3.8, 4) is 6.01 Å². The highest BCUT2D eigenvalue weighted by Crippen LogP contribution is 2.20. The maximum atomic E-state index is 11.1. The van der Waals surface area contributed by atoms with Gasteiger partial charge in [-0.1, -0.05) is 18.2 Å². The van der Waals surface area contributed by atoms with Crippen LogP contribution in [0.3, 0.4) is 0 Å². The Balaban J connectivity index is 1.76. The molecule has 0 amide bonds. The van der Waals surface area contributed by atoms with E-state index in [0.717, 1.165) is 23.7 Å². The third kappa shape index (κ3) is 2.32. The lowest BCUT2D eigenvalue weighted by Gasteiger charge is -2.21. The summed E-state index contributed by atoms with van der Waals surface area (Å²) in [6.07, 6.45) is 4.61.